The highest BCUT2D eigenvalue weighted by Gasteiger charge is 2.55. The van der Waals surface area contributed by atoms with Gasteiger partial charge in [-0.3, -0.25) is 4.90 Å². The van der Waals surface area contributed by atoms with Gasteiger partial charge in [0.25, 0.3) is 0 Å². The van der Waals surface area contributed by atoms with Crippen molar-refractivity contribution >= 4 is 18.7 Å². The molecule has 0 N–H and O–H groups in total. The zero-order chi connectivity index (χ0) is 31.2. The van der Waals surface area contributed by atoms with Gasteiger partial charge in [-0.15, -0.1) is 0 Å². The third-order valence-corrected chi connectivity index (χ3v) is 8.44. The standard InChI is InChI=1S/C27H25BF9NO4/c1-23(2)24(3,4)42-28(41-23)18-6-5-14(25(29,30)31)12-17(18)19-7-8-20-21(40-22(39)38(19)20)13-9-15(26(32,33)34)11-16(10-13)27(35,36)37/h5-6,9-12,19-21H,7-8H2,1-4H3/t19-,20-,21+/m0/s1. The molecule has 2 aromatic rings. The molecule has 228 valence electrons. The molecule has 0 radical (unpaired) electrons. The summed E-state index contributed by atoms with van der Waals surface area (Å²) in [7, 11) is -1.11. The normalized spacial score (nSPS) is 25.6. The number of hydrogen-bond donors (Lipinski definition) is 0. The van der Waals surface area contributed by atoms with Crippen molar-refractivity contribution in [3.63, 3.8) is 0 Å². The van der Waals surface area contributed by atoms with Crippen LogP contribution in [0.25, 0.3) is 0 Å². The molecular formula is C27H25BF9NO4. The molecule has 5 rings (SSSR count). The monoisotopic (exact) mass is 609 g/mol. The first kappa shape index (κ1) is 30.5. The minimum Gasteiger partial charge on any atom is -0.439 e. The molecule has 15 heteroatoms. The summed E-state index contributed by atoms with van der Waals surface area (Å²) >= 11 is 0. The number of fused-ring (bicyclic) bond motifs is 1. The molecule has 0 aromatic heterocycles. The summed E-state index contributed by atoms with van der Waals surface area (Å²) in [6.45, 7) is 6.98. The van der Waals surface area contributed by atoms with Crippen molar-refractivity contribution in [1.82, 2.24) is 4.90 Å². The quantitative estimate of drug-likeness (QED) is 0.268. The van der Waals surface area contributed by atoms with E-state index in [4.69, 9.17) is 14.0 Å². The number of hydrogen-bond acceptors (Lipinski definition) is 4. The number of nitrogens with zero attached hydrogens (tertiary/aromatic N) is 1. The van der Waals surface area contributed by atoms with Gasteiger partial charge in [0, 0.05) is 0 Å². The molecule has 0 aliphatic carbocycles. The Kier molecular flexibility index (Phi) is 6.93. The highest BCUT2D eigenvalue weighted by Crippen LogP contribution is 2.49. The van der Waals surface area contributed by atoms with E-state index < -0.39 is 83.4 Å². The Labute approximate surface area is 235 Å². The molecule has 0 bridgehead atoms. The second-order valence-electron chi connectivity index (χ2n) is 11.6. The van der Waals surface area contributed by atoms with E-state index in [9.17, 15) is 44.3 Å². The minimum atomic E-state index is -5.12. The Balaban J connectivity index is 1.56. The van der Waals surface area contributed by atoms with E-state index >= 15 is 0 Å². The average Bonchev–Trinajstić information content (AvgIpc) is 3.48. The first-order valence-electron chi connectivity index (χ1n) is 13.0. The maximum Gasteiger partial charge on any atom is 0.495 e. The summed E-state index contributed by atoms with van der Waals surface area (Å²) in [6, 6.07) is 1.77. The SMILES string of the molecule is CC1(C)OB(c2ccc(C(F)(F)F)cc2[C@@H]2CC[C@H]3[C@@H](c4cc(C(F)(F)F)cc(C(F)(F)F)c4)OC(=O)N23)OC1(C)C. The number of carbonyl (C=O) groups excluding carboxylic acids is 1. The van der Waals surface area contributed by atoms with Crippen LogP contribution < -0.4 is 5.46 Å². The minimum absolute atomic E-state index is 0.0310. The highest BCUT2D eigenvalue weighted by molar-refractivity contribution is 6.62. The van der Waals surface area contributed by atoms with Gasteiger partial charge in [-0.25, -0.2) is 4.79 Å². The lowest BCUT2D eigenvalue weighted by Crippen LogP contribution is -2.41. The van der Waals surface area contributed by atoms with E-state index in [-0.39, 0.29) is 29.9 Å². The Morgan fingerprint density at radius 3 is 1.79 bits per heavy atom. The van der Waals surface area contributed by atoms with E-state index in [0.717, 1.165) is 17.0 Å². The van der Waals surface area contributed by atoms with Gasteiger partial charge in [0.15, 0.2) is 0 Å². The van der Waals surface area contributed by atoms with Crippen LogP contribution in [0.15, 0.2) is 36.4 Å². The largest absolute Gasteiger partial charge is 0.495 e. The molecule has 2 aromatic carbocycles. The van der Waals surface area contributed by atoms with Crippen molar-refractivity contribution in [1.29, 1.82) is 0 Å². The fourth-order valence-corrected chi connectivity index (χ4v) is 5.61. The predicted octanol–water partition coefficient (Wildman–Crippen LogP) is 7.44. The first-order valence-corrected chi connectivity index (χ1v) is 13.0. The molecule has 0 spiro atoms. The van der Waals surface area contributed by atoms with Gasteiger partial charge in [-0.1, -0.05) is 12.1 Å². The molecule has 5 nitrogen and oxygen atoms in total. The third kappa shape index (κ3) is 5.22. The summed E-state index contributed by atoms with van der Waals surface area (Å²) in [5.74, 6) is 0. The maximum absolute atomic E-state index is 13.8. The van der Waals surface area contributed by atoms with Gasteiger partial charge < -0.3 is 14.0 Å². The summed E-state index contributed by atoms with van der Waals surface area (Å²) in [4.78, 5) is 14.2. The number of benzene rings is 2. The molecular weight excluding hydrogens is 584 g/mol. The molecule has 3 aliphatic heterocycles. The molecule has 0 unspecified atom stereocenters. The average molecular weight is 609 g/mol. The van der Waals surface area contributed by atoms with Gasteiger partial charge in [-0.2, -0.15) is 39.5 Å². The number of rotatable bonds is 3. The van der Waals surface area contributed by atoms with Crippen molar-refractivity contribution in [2.24, 2.45) is 0 Å². The fraction of sp³-hybridized carbons (Fsp3) is 0.519. The zero-order valence-electron chi connectivity index (χ0n) is 22.7. The van der Waals surface area contributed by atoms with Crippen LogP contribution in [0, 0.1) is 0 Å². The number of amides is 1. The molecule has 3 saturated heterocycles. The van der Waals surface area contributed by atoms with Gasteiger partial charge >= 0.3 is 31.7 Å². The molecule has 42 heavy (non-hydrogen) atoms. The van der Waals surface area contributed by atoms with Crippen LogP contribution in [-0.4, -0.2) is 35.4 Å². The van der Waals surface area contributed by atoms with Crippen LogP contribution in [0.5, 0.6) is 0 Å². The highest BCUT2D eigenvalue weighted by atomic mass is 19.4. The second-order valence-corrected chi connectivity index (χ2v) is 11.6. The van der Waals surface area contributed by atoms with E-state index in [1.165, 1.54) is 6.07 Å². The lowest BCUT2D eigenvalue weighted by atomic mass is 9.73. The summed E-state index contributed by atoms with van der Waals surface area (Å²) in [5, 5.41) is 0. The molecule has 3 heterocycles. The van der Waals surface area contributed by atoms with Crippen molar-refractivity contribution in [2.45, 2.75) is 88.5 Å². The van der Waals surface area contributed by atoms with Gasteiger partial charge in [-0.05, 0) is 81.4 Å². The van der Waals surface area contributed by atoms with Crippen molar-refractivity contribution in [3.8, 4) is 0 Å². The molecule has 3 atom stereocenters. The van der Waals surface area contributed by atoms with E-state index in [0.29, 0.717) is 12.1 Å². The van der Waals surface area contributed by atoms with Crippen molar-refractivity contribution < 1.29 is 58.4 Å². The van der Waals surface area contributed by atoms with Gasteiger partial charge in [0.1, 0.15) is 6.10 Å². The fourth-order valence-electron chi connectivity index (χ4n) is 5.61. The van der Waals surface area contributed by atoms with E-state index in [2.05, 4.69) is 0 Å². The summed E-state index contributed by atoms with van der Waals surface area (Å²) in [5.41, 5.74) is -6.15. The number of cyclic esters (lactones) is 1. The van der Waals surface area contributed by atoms with Gasteiger partial charge in [0.2, 0.25) is 0 Å². The van der Waals surface area contributed by atoms with Crippen LogP contribution in [0.1, 0.15) is 80.5 Å². The van der Waals surface area contributed by atoms with Crippen LogP contribution in [0.2, 0.25) is 0 Å². The Morgan fingerprint density at radius 2 is 1.29 bits per heavy atom. The Bertz CT molecular complexity index is 1360. The second kappa shape index (κ2) is 9.53. The van der Waals surface area contributed by atoms with E-state index in [1.807, 2.05) is 0 Å². The van der Waals surface area contributed by atoms with Crippen LogP contribution in [0.3, 0.4) is 0 Å². The molecule has 1 amide bonds. The number of halogens is 9. The number of ether oxygens (including phenoxy) is 1. The lowest BCUT2D eigenvalue weighted by Gasteiger charge is -2.32. The van der Waals surface area contributed by atoms with Gasteiger partial charge in [0.05, 0.1) is 40.0 Å². The smallest absolute Gasteiger partial charge is 0.439 e. The lowest BCUT2D eigenvalue weighted by molar-refractivity contribution is -0.143. The molecule has 3 aliphatic rings. The van der Waals surface area contributed by atoms with Crippen molar-refractivity contribution in [3.05, 3.63) is 64.2 Å². The van der Waals surface area contributed by atoms with Crippen LogP contribution in [0.4, 0.5) is 44.3 Å². The maximum atomic E-state index is 13.8. The molecule has 3 fully saturated rings. The number of carbonyl (C=O) groups is 1. The Hall–Kier alpha value is -2.94. The Morgan fingerprint density at radius 1 is 0.762 bits per heavy atom. The van der Waals surface area contributed by atoms with Crippen molar-refractivity contribution in [2.75, 3.05) is 0 Å². The van der Waals surface area contributed by atoms with Crippen LogP contribution >= 0.6 is 0 Å². The summed E-state index contributed by atoms with van der Waals surface area (Å²) < 4.78 is 140. The van der Waals surface area contributed by atoms with Crippen LogP contribution in [-0.2, 0) is 32.6 Å². The molecule has 0 saturated carbocycles. The first-order chi connectivity index (χ1) is 19.1. The predicted molar refractivity (Wildman–Crippen MR) is 130 cm³/mol. The zero-order valence-corrected chi connectivity index (χ0v) is 22.7. The topological polar surface area (TPSA) is 48.0 Å². The van der Waals surface area contributed by atoms with E-state index in [1.54, 1.807) is 27.7 Å². The number of alkyl halides is 9. The third-order valence-electron chi connectivity index (χ3n) is 8.44. The summed E-state index contributed by atoms with van der Waals surface area (Å²) in [6.07, 6.45) is -17.5.